The lowest BCUT2D eigenvalue weighted by atomic mass is 9.94. The van der Waals surface area contributed by atoms with E-state index >= 15 is 0 Å². The molecule has 2 aromatic carbocycles. The molecular weight excluding hydrogens is 422 g/mol. The number of amides is 2. The van der Waals surface area contributed by atoms with Gasteiger partial charge in [0.15, 0.2) is 0 Å². The number of carboxylic acids is 1. The number of carbonyl (C=O) groups excluding carboxylic acids is 2. The fourth-order valence-electron chi connectivity index (χ4n) is 3.31. The van der Waals surface area contributed by atoms with Gasteiger partial charge < -0.3 is 26.6 Å². The minimum Gasteiger partial charge on any atom is -0.508 e. The van der Waals surface area contributed by atoms with Gasteiger partial charge in [-0.15, -0.1) is 0 Å². The second-order valence-electron chi connectivity index (χ2n) is 9.06. The van der Waals surface area contributed by atoms with Crippen molar-refractivity contribution in [3.63, 3.8) is 0 Å². The zero-order valence-corrected chi connectivity index (χ0v) is 19.6. The third-order valence-electron chi connectivity index (χ3n) is 5.36. The molecule has 0 radical (unpaired) electrons. The minimum atomic E-state index is -1.12. The number of benzene rings is 2. The summed E-state index contributed by atoms with van der Waals surface area (Å²) in [5.74, 6) is -1.72. The maximum absolute atomic E-state index is 13.0. The molecule has 0 fully saturated rings. The van der Waals surface area contributed by atoms with E-state index < -0.39 is 23.3 Å². The normalized spacial score (nSPS) is 12.2. The van der Waals surface area contributed by atoms with Crippen LogP contribution in [0.4, 0.5) is 5.69 Å². The number of nitrogens with two attached hydrogens (primary N) is 1. The summed E-state index contributed by atoms with van der Waals surface area (Å²) in [6, 6.07) is 8.58. The van der Waals surface area contributed by atoms with Crippen LogP contribution in [0.25, 0.3) is 11.1 Å². The summed E-state index contributed by atoms with van der Waals surface area (Å²) < 4.78 is 0. The molecule has 8 nitrogen and oxygen atoms in total. The van der Waals surface area contributed by atoms with Gasteiger partial charge in [0.05, 0.1) is 5.56 Å². The van der Waals surface area contributed by atoms with E-state index in [9.17, 15) is 24.6 Å². The van der Waals surface area contributed by atoms with Crippen LogP contribution in [0.3, 0.4) is 0 Å². The van der Waals surface area contributed by atoms with Gasteiger partial charge in [-0.3, -0.25) is 9.59 Å². The minimum absolute atomic E-state index is 0.0437. The standard InChI is InChI=1S/C25H33N3O5/c1-15-17(8-7-10-21(15)29)19-14-16(11-12-18(19)23(31)32)27-22(30)20(9-5-6-13-26)28-24(33)25(2,3)4/h7-8,10-12,14,20,29H,5-6,9,13,26H2,1-4H3,(H,27,30)(H,28,33)(H,31,32)/t20-/m0/s1. The third-order valence-corrected chi connectivity index (χ3v) is 5.36. The first-order chi connectivity index (χ1) is 15.5. The average molecular weight is 456 g/mol. The van der Waals surface area contributed by atoms with Crippen molar-refractivity contribution in [2.75, 3.05) is 11.9 Å². The van der Waals surface area contributed by atoms with Crippen LogP contribution in [0.5, 0.6) is 5.75 Å². The van der Waals surface area contributed by atoms with Gasteiger partial charge in [0.25, 0.3) is 0 Å². The first-order valence-electron chi connectivity index (χ1n) is 10.9. The lowest BCUT2D eigenvalue weighted by Gasteiger charge is -2.24. The van der Waals surface area contributed by atoms with E-state index in [4.69, 9.17) is 5.73 Å². The van der Waals surface area contributed by atoms with Crippen molar-refractivity contribution in [1.82, 2.24) is 5.32 Å². The fourth-order valence-corrected chi connectivity index (χ4v) is 3.31. The number of phenols is 1. The molecule has 2 aromatic rings. The number of carboxylic acid groups (broad SMARTS) is 1. The topological polar surface area (TPSA) is 142 Å². The van der Waals surface area contributed by atoms with E-state index in [0.717, 1.165) is 6.42 Å². The van der Waals surface area contributed by atoms with Crippen LogP contribution in [0, 0.1) is 12.3 Å². The van der Waals surface area contributed by atoms with Gasteiger partial charge in [-0.05, 0) is 73.7 Å². The Morgan fingerprint density at radius 3 is 2.36 bits per heavy atom. The summed E-state index contributed by atoms with van der Waals surface area (Å²) in [6.07, 6.45) is 1.82. The summed E-state index contributed by atoms with van der Waals surface area (Å²) in [7, 11) is 0. The Labute approximate surface area is 194 Å². The first kappa shape index (κ1) is 25.9. The second kappa shape index (κ2) is 11.0. The second-order valence-corrected chi connectivity index (χ2v) is 9.06. The number of aromatic carboxylic acids is 1. The van der Waals surface area contributed by atoms with Gasteiger partial charge in [-0.2, -0.15) is 0 Å². The molecular formula is C25H33N3O5. The van der Waals surface area contributed by atoms with Gasteiger partial charge >= 0.3 is 5.97 Å². The monoisotopic (exact) mass is 455 g/mol. The van der Waals surface area contributed by atoms with Crippen LogP contribution in [0.2, 0.25) is 0 Å². The summed E-state index contributed by atoms with van der Waals surface area (Å²) in [6.45, 7) is 7.49. The molecule has 178 valence electrons. The van der Waals surface area contributed by atoms with Crippen LogP contribution < -0.4 is 16.4 Å². The highest BCUT2D eigenvalue weighted by Gasteiger charge is 2.27. The Kier molecular flexibility index (Phi) is 8.59. The molecule has 2 amide bonds. The van der Waals surface area contributed by atoms with Crippen molar-refractivity contribution >= 4 is 23.5 Å². The van der Waals surface area contributed by atoms with Crippen LogP contribution in [-0.2, 0) is 9.59 Å². The van der Waals surface area contributed by atoms with Crippen molar-refractivity contribution in [3.05, 3.63) is 47.5 Å². The van der Waals surface area contributed by atoms with E-state index in [1.807, 2.05) is 0 Å². The summed E-state index contributed by atoms with van der Waals surface area (Å²) in [5.41, 5.74) is 6.78. The van der Waals surface area contributed by atoms with Crippen molar-refractivity contribution in [3.8, 4) is 16.9 Å². The number of nitrogens with one attached hydrogen (secondary N) is 2. The average Bonchev–Trinajstić information content (AvgIpc) is 2.74. The Hall–Kier alpha value is -3.39. The van der Waals surface area contributed by atoms with E-state index in [0.29, 0.717) is 41.8 Å². The van der Waals surface area contributed by atoms with Crippen LogP contribution >= 0.6 is 0 Å². The predicted octanol–water partition coefficient (Wildman–Crippen LogP) is 3.66. The van der Waals surface area contributed by atoms with E-state index in [2.05, 4.69) is 10.6 Å². The molecule has 2 rings (SSSR count). The molecule has 0 aliphatic carbocycles. The molecule has 0 heterocycles. The molecule has 6 N–H and O–H groups in total. The van der Waals surface area contributed by atoms with Crippen molar-refractivity contribution < 1.29 is 24.6 Å². The highest BCUT2D eigenvalue weighted by Crippen LogP contribution is 2.33. The summed E-state index contributed by atoms with van der Waals surface area (Å²) in [4.78, 5) is 37.3. The number of unbranched alkanes of at least 4 members (excludes halogenated alkanes) is 1. The number of hydrogen-bond donors (Lipinski definition) is 5. The van der Waals surface area contributed by atoms with Crippen LogP contribution in [-0.4, -0.2) is 40.6 Å². The zero-order chi connectivity index (χ0) is 24.8. The Morgan fingerprint density at radius 1 is 1.06 bits per heavy atom. The van der Waals surface area contributed by atoms with E-state index in [1.165, 1.54) is 18.2 Å². The molecule has 0 bridgehead atoms. The highest BCUT2D eigenvalue weighted by atomic mass is 16.4. The number of hydrogen-bond acceptors (Lipinski definition) is 5. The molecule has 0 spiro atoms. The lowest BCUT2D eigenvalue weighted by Crippen LogP contribution is -2.47. The number of rotatable bonds is 9. The maximum Gasteiger partial charge on any atom is 0.336 e. The lowest BCUT2D eigenvalue weighted by molar-refractivity contribution is -0.132. The number of anilines is 1. The molecule has 0 saturated carbocycles. The predicted molar refractivity (Wildman–Crippen MR) is 128 cm³/mol. The smallest absolute Gasteiger partial charge is 0.336 e. The first-order valence-corrected chi connectivity index (χ1v) is 10.9. The van der Waals surface area contributed by atoms with Gasteiger partial charge in [0.2, 0.25) is 11.8 Å². The number of phenolic OH excluding ortho intramolecular Hbond substituents is 1. The SMILES string of the molecule is Cc1c(O)cccc1-c1cc(NC(=O)[C@H](CCCCN)NC(=O)C(C)(C)C)ccc1C(=O)O. The number of aromatic hydroxyl groups is 1. The highest BCUT2D eigenvalue weighted by molar-refractivity contribution is 6.01. The van der Waals surface area contributed by atoms with Gasteiger partial charge in [-0.25, -0.2) is 4.79 Å². The Bertz CT molecular complexity index is 1030. The maximum atomic E-state index is 13.0. The van der Waals surface area contributed by atoms with Crippen molar-refractivity contribution in [2.45, 2.75) is 53.0 Å². The molecule has 0 aromatic heterocycles. The van der Waals surface area contributed by atoms with E-state index in [-0.39, 0.29) is 17.2 Å². The summed E-state index contributed by atoms with van der Waals surface area (Å²) >= 11 is 0. The molecule has 0 aliphatic rings. The molecule has 1 atom stereocenters. The van der Waals surface area contributed by atoms with Crippen molar-refractivity contribution in [2.24, 2.45) is 11.1 Å². The molecule has 0 aliphatic heterocycles. The molecule has 0 saturated heterocycles. The zero-order valence-electron chi connectivity index (χ0n) is 19.6. The molecule has 8 heteroatoms. The van der Waals surface area contributed by atoms with E-state index in [1.54, 1.807) is 45.9 Å². The largest absolute Gasteiger partial charge is 0.508 e. The number of carbonyl (C=O) groups is 3. The van der Waals surface area contributed by atoms with Crippen LogP contribution in [0.1, 0.15) is 56.0 Å². The molecule has 33 heavy (non-hydrogen) atoms. The van der Waals surface area contributed by atoms with Gasteiger partial charge in [-0.1, -0.05) is 32.9 Å². The summed E-state index contributed by atoms with van der Waals surface area (Å²) in [5, 5.41) is 25.3. The van der Waals surface area contributed by atoms with Crippen molar-refractivity contribution in [1.29, 1.82) is 0 Å². The molecule has 0 unspecified atom stereocenters. The Balaban J connectivity index is 2.36. The quantitative estimate of drug-likeness (QED) is 0.365. The van der Waals surface area contributed by atoms with Gasteiger partial charge in [0, 0.05) is 11.1 Å². The fraction of sp³-hybridized carbons (Fsp3) is 0.400. The third kappa shape index (κ3) is 6.79. The van der Waals surface area contributed by atoms with Gasteiger partial charge in [0.1, 0.15) is 11.8 Å². The van der Waals surface area contributed by atoms with Crippen LogP contribution in [0.15, 0.2) is 36.4 Å². The Morgan fingerprint density at radius 2 is 1.76 bits per heavy atom.